The number of rotatable bonds is 4. The topological polar surface area (TPSA) is 45.7 Å². The lowest BCUT2D eigenvalue weighted by Gasteiger charge is -2.38. The van der Waals surface area contributed by atoms with E-state index >= 15 is 0 Å². The maximum atomic E-state index is 13.2. The molecule has 4 nitrogen and oxygen atoms in total. The van der Waals surface area contributed by atoms with Gasteiger partial charge in [-0.2, -0.15) is 0 Å². The smallest absolute Gasteiger partial charge is 0.191 e. The summed E-state index contributed by atoms with van der Waals surface area (Å²) in [6.07, 6.45) is 0. The predicted octanol–water partition coefficient (Wildman–Crippen LogP) is 1.84. The van der Waals surface area contributed by atoms with Gasteiger partial charge in [0, 0.05) is 25.6 Å². The molecule has 0 aliphatic carbocycles. The fourth-order valence-electron chi connectivity index (χ4n) is 2.07. The van der Waals surface area contributed by atoms with E-state index in [1.807, 2.05) is 6.07 Å². The minimum absolute atomic E-state index is 0.172. The molecule has 1 heterocycles. The molecule has 5 heteroatoms. The second kappa shape index (κ2) is 6.22. The lowest BCUT2D eigenvalue weighted by Crippen LogP contribution is -2.50. The van der Waals surface area contributed by atoms with E-state index in [2.05, 4.69) is 22.5 Å². The van der Waals surface area contributed by atoms with E-state index in [1.54, 1.807) is 20.0 Å². The van der Waals surface area contributed by atoms with Crippen LogP contribution in [0.3, 0.4) is 0 Å². The molecule has 0 radical (unpaired) electrons. The van der Waals surface area contributed by atoms with Gasteiger partial charge in [0.15, 0.2) is 5.96 Å². The van der Waals surface area contributed by atoms with Gasteiger partial charge in [0.2, 0.25) is 0 Å². The molecule has 0 saturated carbocycles. The van der Waals surface area contributed by atoms with Crippen LogP contribution in [0.4, 0.5) is 4.39 Å². The van der Waals surface area contributed by atoms with Crippen molar-refractivity contribution in [2.75, 3.05) is 26.8 Å². The van der Waals surface area contributed by atoms with Crippen LogP contribution in [0.1, 0.15) is 18.1 Å². The van der Waals surface area contributed by atoms with Crippen LogP contribution in [0, 0.1) is 18.2 Å². The summed E-state index contributed by atoms with van der Waals surface area (Å²) in [6, 6.07) is 5.12. The first-order valence-electron chi connectivity index (χ1n) is 6.80. The SMILES string of the molecule is CN=C(NCc1ccc(F)c(C)c1)NCC1(C)COC1. The van der Waals surface area contributed by atoms with Gasteiger partial charge in [-0.1, -0.05) is 19.1 Å². The predicted molar refractivity (Wildman–Crippen MR) is 78.3 cm³/mol. The van der Waals surface area contributed by atoms with Crippen molar-refractivity contribution in [3.8, 4) is 0 Å². The third-order valence-electron chi connectivity index (χ3n) is 3.49. The molecular formula is C15H22FN3O. The molecule has 0 atom stereocenters. The Balaban J connectivity index is 1.82. The van der Waals surface area contributed by atoms with Gasteiger partial charge < -0.3 is 15.4 Å². The molecule has 0 unspecified atom stereocenters. The van der Waals surface area contributed by atoms with E-state index in [0.717, 1.165) is 31.3 Å². The number of aliphatic imine (C=N–C) groups is 1. The minimum atomic E-state index is -0.172. The zero-order chi connectivity index (χ0) is 14.6. The van der Waals surface area contributed by atoms with Crippen molar-refractivity contribution < 1.29 is 9.13 Å². The normalized spacial score (nSPS) is 17.5. The molecule has 1 aliphatic heterocycles. The van der Waals surface area contributed by atoms with Crippen molar-refractivity contribution in [1.82, 2.24) is 10.6 Å². The Morgan fingerprint density at radius 2 is 2.15 bits per heavy atom. The van der Waals surface area contributed by atoms with Crippen molar-refractivity contribution in [3.63, 3.8) is 0 Å². The maximum absolute atomic E-state index is 13.2. The van der Waals surface area contributed by atoms with Crippen LogP contribution in [0.5, 0.6) is 0 Å². The zero-order valence-corrected chi connectivity index (χ0v) is 12.3. The third-order valence-corrected chi connectivity index (χ3v) is 3.49. The minimum Gasteiger partial charge on any atom is -0.380 e. The number of benzene rings is 1. The lowest BCUT2D eigenvalue weighted by atomic mass is 9.89. The molecule has 110 valence electrons. The summed E-state index contributed by atoms with van der Waals surface area (Å²) >= 11 is 0. The number of guanidine groups is 1. The first kappa shape index (κ1) is 14.8. The summed E-state index contributed by atoms with van der Waals surface area (Å²) in [5.41, 5.74) is 1.89. The van der Waals surface area contributed by atoms with Gasteiger partial charge in [0.25, 0.3) is 0 Å². The van der Waals surface area contributed by atoms with Crippen molar-refractivity contribution in [1.29, 1.82) is 0 Å². The fourth-order valence-corrected chi connectivity index (χ4v) is 2.07. The van der Waals surface area contributed by atoms with Crippen molar-refractivity contribution in [3.05, 3.63) is 35.1 Å². The van der Waals surface area contributed by atoms with Gasteiger partial charge in [-0.25, -0.2) is 4.39 Å². The summed E-state index contributed by atoms with van der Waals surface area (Å²) < 4.78 is 18.4. The molecule has 20 heavy (non-hydrogen) atoms. The average Bonchev–Trinajstić information content (AvgIpc) is 2.40. The number of ether oxygens (including phenoxy) is 1. The van der Waals surface area contributed by atoms with Crippen LogP contribution < -0.4 is 10.6 Å². The molecule has 1 saturated heterocycles. The highest BCUT2D eigenvalue weighted by atomic mass is 19.1. The molecule has 0 bridgehead atoms. The molecule has 0 aromatic heterocycles. The Hall–Kier alpha value is -1.62. The van der Waals surface area contributed by atoms with Crippen LogP contribution in [0.2, 0.25) is 0 Å². The van der Waals surface area contributed by atoms with Crippen LogP contribution in [0.15, 0.2) is 23.2 Å². The number of hydrogen-bond acceptors (Lipinski definition) is 2. The van der Waals surface area contributed by atoms with Gasteiger partial charge in [0.1, 0.15) is 5.82 Å². The van der Waals surface area contributed by atoms with E-state index in [9.17, 15) is 4.39 Å². The summed E-state index contributed by atoms with van der Waals surface area (Å²) in [5.74, 6) is 0.578. The van der Waals surface area contributed by atoms with Crippen LogP contribution in [-0.4, -0.2) is 32.8 Å². The molecule has 2 N–H and O–H groups in total. The number of hydrogen-bond donors (Lipinski definition) is 2. The molecule has 2 rings (SSSR count). The summed E-state index contributed by atoms with van der Waals surface area (Å²) in [6.45, 7) is 6.97. The summed E-state index contributed by atoms with van der Waals surface area (Å²) in [5, 5.41) is 6.52. The van der Waals surface area contributed by atoms with E-state index in [-0.39, 0.29) is 11.2 Å². The van der Waals surface area contributed by atoms with Crippen molar-refractivity contribution in [2.24, 2.45) is 10.4 Å². The van der Waals surface area contributed by atoms with Gasteiger partial charge >= 0.3 is 0 Å². The third kappa shape index (κ3) is 3.70. The Kier molecular flexibility index (Phi) is 4.60. The first-order chi connectivity index (χ1) is 9.52. The van der Waals surface area contributed by atoms with Crippen LogP contribution in [-0.2, 0) is 11.3 Å². The molecule has 1 aromatic rings. The summed E-state index contributed by atoms with van der Waals surface area (Å²) in [4.78, 5) is 4.18. The average molecular weight is 279 g/mol. The highest BCUT2D eigenvalue weighted by Crippen LogP contribution is 2.24. The summed E-state index contributed by atoms with van der Waals surface area (Å²) in [7, 11) is 1.74. The largest absolute Gasteiger partial charge is 0.380 e. The Morgan fingerprint density at radius 1 is 1.40 bits per heavy atom. The van der Waals surface area contributed by atoms with Gasteiger partial charge in [-0.15, -0.1) is 0 Å². The van der Waals surface area contributed by atoms with E-state index in [4.69, 9.17) is 4.74 Å². The highest BCUT2D eigenvalue weighted by molar-refractivity contribution is 5.79. The van der Waals surface area contributed by atoms with Gasteiger partial charge in [-0.05, 0) is 24.1 Å². The van der Waals surface area contributed by atoms with E-state index < -0.39 is 0 Å². The molecule has 1 aromatic carbocycles. The molecule has 0 amide bonds. The number of halogens is 1. The van der Waals surface area contributed by atoms with Gasteiger partial charge in [-0.3, -0.25) is 4.99 Å². The molecule has 0 spiro atoms. The number of nitrogens with zero attached hydrogens (tertiary/aromatic N) is 1. The monoisotopic (exact) mass is 279 g/mol. The standard InChI is InChI=1S/C15H22FN3O/c1-11-6-12(4-5-13(11)16)7-18-14(17-3)19-8-15(2)9-20-10-15/h4-6H,7-10H2,1-3H3,(H2,17,18,19). The molecule has 1 aliphatic rings. The Morgan fingerprint density at radius 3 is 2.70 bits per heavy atom. The lowest BCUT2D eigenvalue weighted by molar-refractivity contribution is -0.0971. The van der Waals surface area contributed by atoms with Crippen molar-refractivity contribution in [2.45, 2.75) is 20.4 Å². The van der Waals surface area contributed by atoms with Crippen LogP contribution >= 0.6 is 0 Å². The van der Waals surface area contributed by atoms with E-state index in [0.29, 0.717) is 12.1 Å². The molecule has 1 fully saturated rings. The quantitative estimate of drug-likeness (QED) is 0.653. The van der Waals surface area contributed by atoms with E-state index in [1.165, 1.54) is 6.07 Å². The second-order valence-corrected chi connectivity index (χ2v) is 5.67. The fraction of sp³-hybridized carbons (Fsp3) is 0.533. The van der Waals surface area contributed by atoms with Gasteiger partial charge in [0.05, 0.1) is 13.2 Å². The van der Waals surface area contributed by atoms with Crippen LogP contribution in [0.25, 0.3) is 0 Å². The van der Waals surface area contributed by atoms with Crippen molar-refractivity contribution >= 4 is 5.96 Å². The molecular weight excluding hydrogens is 257 g/mol. The highest BCUT2D eigenvalue weighted by Gasteiger charge is 2.33. The zero-order valence-electron chi connectivity index (χ0n) is 12.3. The Labute approximate surface area is 119 Å². The second-order valence-electron chi connectivity index (χ2n) is 5.67. The number of aryl methyl sites for hydroxylation is 1. The Bertz CT molecular complexity index is 498. The first-order valence-corrected chi connectivity index (χ1v) is 6.80. The maximum Gasteiger partial charge on any atom is 0.191 e. The number of nitrogens with one attached hydrogen (secondary N) is 2.